The summed E-state index contributed by atoms with van der Waals surface area (Å²) < 4.78 is 0. The summed E-state index contributed by atoms with van der Waals surface area (Å²) in [5.74, 6) is 1.45. The van der Waals surface area contributed by atoms with Crippen molar-refractivity contribution in [2.45, 2.75) is 6.92 Å². The minimum Gasteiger partial charge on any atom is -0.340 e. The van der Waals surface area contributed by atoms with Gasteiger partial charge in [0.25, 0.3) is 0 Å². The van der Waals surface area contributed by atoms with Crippen LogP contribution in [-0.4, -0.2) is 9.97 Å². The normalized spacial score (nSPS) is 10.3. The standard InChI is InChI=1S/C17H15ClN4/c1-12-4-2-3-5-15(12)22-17-10-16(19-11-20-17)21-14-8-6-13(18)7-9-14/h2-11H,1H3,(H2,19,20,21,22). The van der Waals surface area contributed by atoms with Crippen LogP contribution >= 0.6 is 11.6 Å². The molecular formula is C17H15ClN4. The maximum Gasteiger partial charge on any atom is 0.135 e. The first-order valence-electron chi connectivity index (χ1n) is 6.88. The molecule has 0 spiro atoms. The molecule has 0 aliphatic heterocycles. The molecule has 0 fully saturated rings. The predicted molar refractivity (Wildman–Crippen MR) is 91.2 cm³/mol. The van der Waals surface area contributed by atoms with Gasteiger partial charge in [0.1, 0.15) is 18.0 Å². The van der Waals surface area contributed by atoms with Gasteiger partial charge in [0, 0.05) is 22.5 Å². The van der Waals surface area contributed by atoms with Crippen LogP contribution in [0.15, 0.2) is 60.9 Å². The van der Waals surface area contributed by atoms with Gasteiger partial charge in [-0.25, -0.2) is 9.97 Å². The molecule has 2 N–H and O–H groups in total. The Balaban J connectivity index is 1.78. The quantitative estimate of drug-likeness (QED) is 0.717. The van der Waals surface area contributed by atoms with Crippen molar-refractivity contribution in [3.05, 3.63) is 71.5 Å². The zero-order valence-corrected chi connectivity index (χ0v) is 12.8. The lowest BCUT2D eigenvalue weighted by molar-refractivity contribution is 1.16. The van der Waals surface area contributed by atoms with Crippen LogP contribution in [0.4, 0.5) is 23.0 Å². The van der Waals surface area contributed by atoms with E-state index in [4.69, 9.17) is 11.6 Å². The molecule has 0 unspecified atom stereocenters. The van der Waals surface area contributed by atoms with E-state index in [2.05, 4.69) is 33.6 Å². The Morgan fingerprint density at radius 3 is 2.27 bits per heavy atom. The SMILES string of the molecule is Cc1ccccc1Nc1cc(Nc2ccc(Cl)cc2)ncn1. The molecule has 3 aromatic rings. The van der Waals surface area contributed by atoms with Gasteiger partial charge in [0.2, 0.25) is 0 Å². The van der Waals surface area contributed by atoms with E-state index in [9.17, 15) is 0 Å². The van der Waals surface area contributed by atoms with Crippen molar-refractivity contribution in [2.75, 3.05) is 10.6 Å². The second-order valence-electron chi connectivity index (χ2n) is 4.86. The largest absolute Gasteiger partial charge is 0.340 e. The smallest absolute Gasteiger partial charge is 0.135 e. The van der Waals surface area contributed by atoms with Crippen LogP contribution < -0.4 is 10.6 Å². The summed E-state index contributed by atoms with van der Waals surface area (Å²) in [4.78, 5) is 8.47. The zero-order valence-electron chi connectivity index (χ0n) is 12.0. The molecule has 1 heterocycles. The van der Waals surface area contributed by atoms with Gasteiger partial charge >= 0.3 is 0 Å². The van der Waals surface area contributed by atoms with Crippen LogP contribution in [0.1, 0.15) is 5.56 Å². The molecule has 0 amide bonds. The van der Waals surface area contributed by atoms with E-state index < -0.39 is 0 Å². The van der Waals surface area contributed by atoms with E-state index in [1.54, 1.807) is 0 Å². The molecule has 0 saturated carbocycles. The van der Waals surface area contributed by atoms with Crippen molar-refractivity contribution in [2.24, 2.45) is 0 Å². The van der Waals surface area contributed by atoms with Gasteiger partial charge < -0.3 is 10.6 Å². The van der Waals surface area contributed by atoms with Gasteiger partial charge in [-0.1, -0.05) is 29.8 Å². The van der Waals surface area contributed by atoms with Gasteiger partial charge in [-0.3, -0.25) is 0 Å². The number of anilines is 4. The van der Waals surface area contributed by atoms with Crippen LogP contribution in [0.25, 0.3) is 0 Å². The lowest BCUT2D eigenvalue weighted by Gasteiger charge is -2.10. The van der Waals surface area contributed by atoms with Crippen molar-refractivity contribution < 1.29 is 0 Å². The van der Waals surface area contributed by atoms with Crippen LogP contribution in [0.3, 0.4) is 0 Å². The van der Waals surface area contributed by atoms with E-state index in [0.29, 0.717) is 10.8 Å². The van der Waals surface area contributed by atoms with Crippen molar-refractivity contribution in [3.63, 3.8) is 0 Å². The lowest BCUT2D eigenvalue weighted by Crippen LogP contribution is -1.99. The molecule has 0 bridgehead atoms. The van der Waals surface area contributed by atoms with Gasteiger partial charge in [-0.2, -0.15) is 0 Å². The molecule has 5 heteroatoms. The Morgan fingerprint density at radius 1 is 0.864 bits per heavy atom. The first kappa shape index (κ1) is 14.4. The van der Waals surface area contributed by atoms with Crippen molar-refractivity contribution in [1.29, 1.82) is 0 Å². The Bertz CT molecular complexity index is 772. The second kappa shape index (κ2) is 6.45. The van der Waals surface area contributed by atoms with E-state index in [1.165, 1.54) is 6.33 Å². The molecule has 1 aromatic heterocycles. The van der Waals surface area contributed by atoms with Crippen LogP contribution in [0.5, 0.6) is 0 Å². The number of aromatic nitrogens is 2. The molecule has 2 aromatic carbocycles. The fourth-order valence-electron chi connectivity index (χ4n) is 2.03. The van der Waals surface area contributed by atoms with E-state index >= 15 is 0 Å². The number of rotatable bonds is 4. The number of benzene rings is 2. The van der Waals surface area contributed by atoms with Crippen LogP contribution in [-0.2, 0) is 0 Å². The molecule has 0 saturated heterocycles. The number of aryl methyl sites for hydroxylation is 1. The van der Waals surface area contributed by atoms with Crippen molar-refractivity contribution in [1.82, 2.24) is 9.97 Å². The average Bonchev–Trinajstić information content (AvgIpc) is 2.52. The first-order chi connectivity index (χ1) is 10.7. The molecular weight excluding hydrogens is 296 g/mol. The summed E-state index contributed by atoms with van der Waals surface area (Å²) in [7, 11) is 0. The Morgan fingerprint density at radius 2 is 1.55 bits per heavy atom. The van der Waals surface area contributed by atoms with Crippen molar-refractivity contribution >= 4 is 34.6 Å². The summed E-state index contributed by atoms with van der Waals surface area (Å²) in [5.41, 5.74) is 3.11. The molecule has 0 aliphatic carbocycles. The highest BCUT2D eigenvalue weighted by molar-refractivity contribution is 6.30. The minimum absolute atomic E-state index is 0.704. The number of hydrogen-bond donors (Lipinski definition) is 2. The third-order valence-corrected chi connectivity index (χ3v) is 3.44. The summed E-state index contributed by atoms with van der Waals surface area (Å²) >= 11 is 5.88. The fourth-order valence-corrected chi connectivity index (χ4v) is 2.15. The zero-order chi connectivity index (χ0) is 15.4. The Labute approximate surface area is 134 Å². The van der Waals surface area contributed by atoms with E-state index in [1.807, 2.05) is 48.5 Å². The second-order valence-corrected chi connectivity index (χ2v) is 5.30. The third-order valence-electron chi connectivity index (χ3n) is 3.19. The highest BCUT2D eigenvalue weighted by Crippen LogP contribution is 2.22. The molecule has 3 rings (SSSR count). The Hall–Kier alpha value is -2.59. The van der Waals surface area contributed by atoms with Gasteiger partial charge in [0.05, 0.1) is 0 Å². The number of hydrogen-bond acceptors (Lipinski definition) is 4. The maximum absolute atomic E-state index is 5.88. The third kappa shape index (κ3) is 3.54. The minimum atomic E-state index is 0.704. The van der Waals surface area contributed by atoms with Gasteiger partial charge in [0.15, 0.2) is 0 Å². The monoisotopic (exact) mass is 310 g/mol. The fraction of sp³-hybridized carbons (Fsp3) is 0.0588. The highest BCUT2D eigenvalue weighted by atomic mass is 35.5. The lowest BCUT2D eigenvalue weighted by atomic mass is 10.2. The number of nitrogens with one attached hydrogen (secondary N) is 2. The van der Waals surface area contributed by atoms with E-state index in [-0.39, 0.29) is 0 Å². The topological polar surface area (TPSA) is 49.8 Å². The maximum atomic E-state index is 5.88. The molecule has 0 atom stereocenters. The highest BCUT2D eigenvalue weighted by Gasteiger charge is 2.02. The number of para-hydroxylation sites is 1. The average molecular weight is 311 g/mol. The first-order valence-corrected chi connectivity index (χ1v) is 7.26. The van der Waals surface area contributed by atoms with E-state index in [0.717, 1.165) is 22.8 Å². The van der Waals surface area contributed by atoms with Gasteiger partial charge in [-0.15, -0.1) is 0 Å². The number of halogens is 1. The summed E-state index contributed by atoms with van der Waals surface area (Å²) in [6.07, 6.45) is 1.53. The summed E-state index contributed by atoms with van der Waals surface area (Å²) in [6.45, 7) is 2.05. The molecule has 22 heavy (non-hydrogen) atoms. The Kier molecular flexibility index (Phi) is 4.21. The van der Waals surface area contributed by atoms with Crippen molar-refractivity contribution in [3.8, 4) is 0 Å². The molecule has 4 nitrogen and oxygen atoms in total. The summed E-state index contributed by atoms with van der Waals surface area (Å²) in [5, 5.41) is 7.22. The van der Waals surface area contributed by atoms with Crippen LogP contribution in [0.2, 0.25) is 5.02 Å². The van der Waals surface area contributed by atoms with Gasteiger partial charge in [-0.05, 0) is 42.8 Å². The van der Waals surface area contributed by atoms with Crippen LogP contribution in [0, 0.1) is 6.92 Å². The molecule has 0 aliphatic rings. The predicted octanol–water partition coefficient (Wildman–Crippen LogP) is 4.93. The molecule has 0 radical (unpaired) electrons. The summed E-state index contributed by atoms with van der Waals surface area (Å²) in [6, 6.07) is 17.4. The molecule has 110 valence electrons. The number of nitrogens with zero attached hydrogens (tertiary/aromatic N) is 2.